The van der Waals surface area contributed by atoms with Gasteiger partial charge in [-0.15, -0.1) is 0 Å². The smallest absolute Gasteiger partial charge is 0.407 e. The van der Waals surface area contributed by atoms with Crippen molar-refractivity contribution in [2.75, 3.05) is 13.1 Å². The molecule has 1 aliphatic rings. The number of aliphatic hydroxyl groups is 1. The van der Waals surface area contributed by atoms with Crippen LogP contribution in [0.4, 0.5) is 9.18 Å². The molecule has 1 heterocycles. The second-order valence-electron chi connectivity index (χ2n) is 6.84. The zero-order valence-electron chi connectivity index (χ0n) is 13.3. The maximum absolute atomic E-state index is 13.7. The van der Waals surface area contributed by atoms with Crippen LogP contribution in [-0.4, -0.2) is 46.5 Å². The summed E-state index contributed by atoms with van der Waals surface area (Å²) in [5.74, 6) is -0.605. The van der Waals surface area contributed by atoms with Crippen molar-refractivity contribution in [2.45, 2.75) is 39.1 Å². The third kappa shape index (κ3) is 4.13. The monoisotopic (exact) mass is 345 g/mol. The number of aliphatic hydroxyl groups excluding tert-OH is 1. The van der Waals surface area contributed by atoms with E-state index >= 15 is 0 Å². The highest BCUT2D eigenvalue weighted by Gasteiger charge is 2.39. The fourth-order valence-corrected chi connectivity index (χ4v) is 2.65. The van der Waals surface area contributed by atoms with E-state index in [0.717, 1.165) is 4.90 Å². The minimum absolute atomic E-state index is 0.0172. The van der Waals surface area contributed by atoms with E-state index in [1.165, 1.54) is 12.1 Å². The summed E-state index contributed by atoms with van der Waals surface area (Å²) in [5.41, 5.74) is 0.0851. The van der Waals surface area contributed by atoms with Gasteiger partial charge in [-0.2, -0.15) is 0 Å². The van der Waals surface area contributed by atoms with Crippen molar-refractivity contribution in [1.29, 1.82) is 0 Å². The number of amides is 1. The summed E-state index contributed by atoms with van der Waals surface area (Å²) in [5, 5.41) is 19.6. The normalized spacial score (nSPS) is 26.0. The first-order valence-electron chi connectivity index (χ1n) is 7.36. The first-order chi connectivity index (χ1) is 10.6. The molecule has 2 N–H and O–H groups in total. The van der Waals surface area contributed by atoms with Crippen LogP contribution in [0.5, 0.6) is 0 Å². The molecule has 1 aromatic carbocycles. The highest BCUT2D eigenvalue weighted by Crippen LogP contribution is 2.34. The van der Waals surface area contributed by atoms with Crippen LogP contribution in [0.25, 0.3) is 0 Å². The van der Waals surface area contributed by atoms with Gasteiger partial charge in [-0.05, 0) is 23.1 Å². The maximum atomic E-state index is 13.7. The van der Waals surface area contributed by atoms with E-state index in [4.69, 9.17) is 16.3 Å². The molecule has 23 heavy (non-hydrogen) atoms. The number of nitrogens with zero attached hydrogens (tertiary/aromatic N) is 1. The van der Waals surface area contributed by atoms with Gasteiger partial charge in [0.25, 0.3) is 0 Å². The largest absolute Gasteiger partial charge is 0.465 e. The Labute approximate surface area is 139 Å². The number of benzene rings is 1. The lowest BCUT2D eigenvalue weighted by Crippen LogP contribution is -2.42. The zero-order chi connectivity index (χ0) is 17.4. The van der Waals surface area contributed by atoms with Crippen LogP contribution in [-0.2, 0) is 4.74 Å². The van der Waals surface area contributed by atoms with E-state index in [-0.39, 0.29) is 23.5 Å². The van der Waals surface area contributed by atoms with E-state index in [9.17, 15) is 19.4 Å². The summed E-state index contributed by atoms with van der Waals surface area (Å²) in [4.78, 5) is 12.5. The highest BCUT2D eigenvalue weighted by molar-refractivity contribution is 6.30. The van der Waals surface area contributed by atoms with Crippen molar-refractivity contribution < 1.29 is 24.1 Å². The minimum Gasteiger partial charge on any atom is -0.465 e. The molecular weight excluding hydrogens is 325 g/mol. The van der Waals surface area contributed by atoms with E-state index < -0.39 is 30.2 Å². The van der Waals surface area contributed by atoms with Crippen LogP contribution < -0.4 is 0 Å². The molecule has 1 amide bonds. The number of carbonyl (C=O) groups is 1. The molecular formula is C16H21ClFNO4. The number of halogens is 2. The molecule has 1 unspecified atom stereocenters. The van der Waals surface area contributed by atoms with Gasteiger partial charge in [-0.1, -0.05) is 38.4 Å². The summed E-state index contributed by atoms with van der Waals surface area (Å²) in [6.07, 6.45) is -3.49. The second-order valence-corrected chi connectivity index (χ2v) is 7.25. The third-order valence-electron chi connectivity index (χ3n) is 3.96. The predicted octanol–water partition coefficient (Wildman–Crippen LogP) is 3.31. The van der Waals surface area contributed by atoms with Crippen molar-refractivity contribution in [2.24, 2.45) is 5.41 Å². The number of rotatable bonds is 1. The van der Waals surface area contributed by atoms with E-state index in [0.29, 0.717) is 5.56 Å². The average molecular weight is 346 g/mol. The lowest BCUT2D eigenvalue weighted by molar-refractivity contribution is -0.0960. The maximum Gasteiger partial charge on any atom is 0.407 e. The SMILES string of the molecule is CC(C)(C)C1CN(C(=O)O)C[C@@H](O)[C@H](c2ccc(Cl)c(F)c2)O1. The van der Waals surface area contributed by atoms with Crippen molar-refractivity contribution in [3.8, 4) is 0 Å². The molecule has 0 aliphatic carbocycles. The molecule has 0 bridgehead atoms. The molecule has 7 heteroatoms. The van der Waals surface area contributed by atoms with Gasteiger partial charge in [0.05, 0.1) is 24.2 Å². The first kappa shape index (κ1) is 18.0. The third-order valence-corrected chi connectivity index (χ3v) is 4.27. The van der Waals surface area contributed by atoms with Crippen LogP contribution in [0.1, 0.15) is 32.4 Å². The molecule has 1 aromatic rings. The minimum atomic E-state index is -1.12. The fourth-order valence-electron chi connectivity index (χ4n) is 2.53. The average Bonchev–Trinajstić information content (AvgIpc) is 2.61. The van der Waals surface area contributed by atoms with Crippen molar-refractivity contribution in [3.05, 3.63) is 34.6 Å². The van der Waals surface area contributed by atoms with Crippen molar-refractivity contribution in [3.63, 3.8) is 0 Å². The van der Waals surface area contributed by atoms with Gasteiger partial charge in [-0.25, -0.2) is 9.18 Å². The van der Waals surface area contributed by atoms with Gasteiger partial charge in [0.15, 0.2) is 0 Å². The van der Waals surface area contributed by atoms with Gasteiger partial charge in [0, 0.05) is 0 Å². The molecule has 0 saturated carbocycles. The summed E-state index contributed by atoms with van der Waals surface area (Å²) in [7, 11) is 0. The number of hydrogen-bond acceptors (Lipinski definition) is 3. The Hall–Kier alpha value is -1.37. The molecule has 0 radical (unpaired) electrons. The lowest BCUT2D eigenvalue weighted by Gasteiger charge is -2.33. The van der Waals surface area contributed by atoms with Crippen LogP contribution in [0.15, 0.2) is 18.2 Å². The molecule has 5 nitrogen and oxygen atoms in total. The Kier molecular flexibility index (Phi) is 5.18. The van der Waals surface area contributed by atoms with Crippen LogP contribution in [0.3, 0.4) is 0 Å². The number of ether oxygens (including phenoxy) is 1. The summed E-state index contributed by atoms with van der Waals surface area (Å²) in [6, 6.07) is 4.19. The summed E-state index contributed by atoms with van der Waals surface area (Å²) >= 11 is 5.69. The first-order valence-corrected chi connectivity index (χ1v) is 7.73. The number of hydrogen-bond donors (Lipinski definition) is 2. The van der Waals surface area contributed by atoms with E-state index in [1.807, 2.05) is 20.8 Å². The van der Waals surface area contributed by atoms with Crippen molar-refractivity contribution >= 4 is 17.7 Å². The Morgan fingerprint density at radius 3 is 2.57 bits per heavy atom. The highest BCUT2D eigenvalue weighted by atomic mass is 35.5. The fraction of sp³-hybridized carbons (Fsp3) is 0.562. The molecule has 0 spiro atoms. The van der Waals surface area contributed by atoms with E-state index in [1.54, 1.807) is 6.07 Å². The molecule has 1 fully saturated rings. The number of β-amino-alcohol motifs (C(OH)–C–C–N with tert-alkyl or cyclic N) is 1. The van der Waals surface area contributed by atoms with Gasteiger partial charge in [0.2, 0.25) is 0 Å². The number of carboxylic acid groups (broad SMARTS) is 1. The standard InChI is InChI=1S/C16H21ClFNO4/c1-16(2,3)13-8-19(15(21)22)7-12(20)14(23-13)9-4-5-10(17)11(18)6-9/h4-6,12-14,20H,7-8H2,1-3H3,(H,21,22)/t12-,13?,14+/m1/s1. The zero-order valence-corrected chi connectivity index (χ0v) is 14.0. The second kappa shape index (κ2) is 6.63. The molecule has 128 valence electrons. The lowest BCUT2D eigenvalue weighted by atomic mass is 9.88. The van der Waals surface area contributed by atoms with Gasteiger partial charge in [-0.3, -0.25) is 0 Å². The topological polar surface area (TPSA) is 70.0 Å². The summed E-state index contributed by atoms with van der Waals surface area (Å²) in [6.45, 7) is 5.82. The molecule has 2 rings (SSSR count). The van der Waals surface area contributed by atoms with Gasteiger partial charge < -0.3 is 19.8 Å². The van der Waals surface area contributed by atoms with Crippen molar-refractivity contribution in [1.82, 2.24) is 4.90 Å². The van der Waals surface area contributed by atoms with Crippen LogP contribution in [0, 0.1) is 11.2 Å². The quantitative estimate of drug-likeness (QED) is 0.819. The van der Waals surface area contributed by atoms with Gasteiger partial charge >= 0.3 is 6.09 Å². The van der Waals surface area contributed by atoms with Gasteiger partial charge in [0.1, 0.15) is 18.0 Å². The Bertz CT molecular complexity index is 590. The van der Waals surface area contributed by atoms with E-state index in [2.05, 4.69) is 0 Å². The molecule has 3 atom stereocenters. The molecule has 1 aliphatic heterocycles. The Morgan fingerprint density at radius 2 is 2.04 bits per heavy atom. The van der Waals surface area contributed by atoms with Crippen LogP contribution >= 0.6 is 11.6 Å². The summed E-state index contributed by atoms with van der Waals surface area (Å²) < 4.78 is 19.7. The Balaban J connectivity index is 2.37. The van der Waals surface area contributed by atoms with Crippen LogP contribution in [0.2, 0.25) is 5.02 Å². The molecule has 0 aromatic heterocycles. The molecule has 1 saturated heterocycles. The predicted molar refractivity (Wildman–Crippen MR) is 84.1 cm³/mol. The Morgan fingerprint density at radius 1 is 1.39 bits per heavy atom.